The van der Waals surface area contributed by atoms with Crippen molar-refractivity contribution in [3.05, 3.63) is 58.4 Å². The number of rotatable bonds is 4. The molecule has 1 heterocycles. The first-order chi connectivity index (χ1) is 12.8. The number of benzene rings is 2. The molecule has 0 amide bonds. The van der Waals surface area contributed by atoms with Crippen LogP contribution in [-0.2, 0) is 0 Å². The molecule has 0 spiro atoms. The molecule has 1 saturated heterocycles. The maximum Gasteiger partial charge on any atom is 0.573 e. The molecule has 0 aromatic heterocycles. The molecule has 29 heavy (non-hydrogen) atoms. The smallest absolute Gasteiger partial charge is 0.505 e. The van der Waals surface area contributed by atoms with Crippen LogP contribution in [0, 0.1) is 5.82 Å². The van der Waals surface area contributed by atoms with Gasteiger partial charge >= 0.3 is 6.36 Å². The summed E-state index contributed by atoms with van der Waals surface area (Å²) in [7, 11) is 0. The highest BCUT2D eigenvalue weighted by atomic mass is 35.5. The van der Waals surface area contributed by atoms with Gasteiger partial charge in [-0.2, -0.15) is 0 Å². The summed E-state index contributed by atoms with van der Waals surface area (Å²) in [5.74, 6) is -1.74. The van der Waals surface area contributed by atoms with Crippen LogP contribution in [0.5, 0.6) is 11.5 Å². The summed E-state index contributed by atoms with van der Waals surface area (Å²) < 4.78 is 55.0. The number of halogens is 7. The summed E-state index contributed by atoms with van der Waals surface area (Å²) in [6.07, 6.45) is -4.79. The van der Waals surface area contributed by atoms with E-state index in [1.165, 1.54) is 30.3 Å². The van der Waals surface area contributed by atoms with Crippen LogP contribution in [0.2, 0.25) is 5.02 Å². The molecule has 3 rings (SSSR count). The van der Waals surface area contributed by atoms with Crippen molar-refractivity contribution < 1.29 is 27.4 Å². The lowest BCUT2D eigenvalue weighted by Crippen LogP contribution is -2.45. The van der Waals surface area contributed by atoms with E-state index in [2.05, 4.69) is 10.1 Å². The van der Waals surface area contributed by atoms with Crippen molar-refractivity contribution in [3.63, 3.8) is 0 Å². The summed E-state index contributed by atoms with van der Waals surface area (Å²) in [5.41, 5.74) is 0.747. The monoisotopic (exact) mass is 476 g/mol. The summed E-state index contributed by atoms with van der Waals surface area (Å²) in [4.78, 5) is 1.98. The van der Waals surface area contributed by atoms with Gasteiger partial charge in [-0.25, -0.2) is 4.39 Å². The van der Waals surface area contributed by atoms with Crippen LogP contribution in [0.4, 0.5) is 17.6 Å². The highest BCUT2D eigenvalue weighted by molar-refractivity contribution is 6.31. The lowest BCUT2D eigenvalue weighted by molar-refractivity contribution is -0.274. The number of phenols is 1. The van der Waals surface area contributed by atoms with Gasteiger partial charge in [-0.3, -0.25) is 4.90 Å². The highest BCUT2D eigenvalue weighted by Gasteiger charge is 2.32. The topological polar surface area (TPSA) is 44.7 Å². The SMILES string of the molecule is Cl.Cl.Oc1c(F)ccc(Cl)c1[C@@H](c1ccc(OC(F)(F)F)cc1)N1CCNCC1. The number of aromatic hydroxyl groups is 1. The molecule has 0 radical (unpaired) electrons. The summed E-state index contributed by atoms with van der Waals surface area (Å²) in [6, 6.07) is 7.07. The van der Waals surface area contributed by atoms with Crippen LogP contribution in [0.15, 0.2) is 36.4 Å². The Hall–Kier alpha value is -1.45. The first-order valence-electron chi connectivity index (χ1n) is 8.23. The molecule has 1 atom stereocenters. The van der Waals surface area contributed by atoms with E-state index >= 15 is 0 Å². The van der Waals surface area contributed by atoms with Crippen molar-refractivity contribution in [2.75, 3.05) is 26.2 Å². The van der Waals surface area contributed by atoms with Crippen molar-refractivity contribution in [1.82, 2.24) is 10.2 Å². The number of nitrogens with zero attached hydrogens (tertiary/aromatic N) is 1. The molecule has 1 aliphatic heterocycles. The Balaban J connectivity index is 0.00000210. The number of hydrogen-bond donors (Lipinski definition) is 2. The Morgan fingerprint density at radius 1 is 1.03 bits per heavy atom. The van der Waals surface area contributed by atoms with Crippen LogP contribution in [-0.4, -0.2) is 42.5 Å². The average molecular weight is 478 g/mol. The van der Waals surface area contributed by atoms with Gasteiger partial charge in [0, 0.05) is 36.8 Å². The van der Waals surface area contributed by atoms with Gasteiger partial charge in [-0.15, -0.1) is 38.0 Å². The Labute approximate surface area is 182 Å². The standard InChI is InChI=1S/C18H17ClF4N2O2.2ClH/c19-13-5-6-14(20)17(26)15(13)16(25-9-7-24-8-10-25)11-1-3-12(4-2-11)27-18(21,22)23;;/h1-6,16,24,26H,7-10H2;2*1H/t16-;;/m1../s1. The molecule has 162 valence electrons. The minimum Gasteiger partial charge on any atom is -0.505 e. The predicted molar refractivity (Wildman–Crippen MR) is 107 cm³/mol. The van der Waals surface area contributed by atoms with Gasteiger partial charge < -0.3 is 15.2 Å². The molecule has 11 heteroatoms. The van der Waals surface area contributed by atoms with Gasteiger partial charge in [0.1, 0.15) is 5.75 Å². The first kappa shape index (κ1) is 25.6. The number of ether oxygens (including phenoxy) is 1. The second kappa shape index (κ2) is 10.5. The van der Waals surface area contributed by atoms with E-state index in [-0.39, 0.29) is 41.1 Å². The third kappa shape index (κ3) is 6.26. The molecule has 1 aliphatic rings. The molecule has 0 unspecified atom stereocenters. The van der Waals surface area contributed by atoms with E-state index in [0.717, 1.165) is 6.07 Å². The number of piperazine rings is 1. The zero-order valence-electron chi connectivity index (χ0n) is 14.9. The van der Waals surface area contributed by atoms with Crippen molar-refractivity contribution >= 4 is 36.4 Å². The van der Waals surface area contributed by atoms with Crippen molar-refractivity contribution in [2.24, 2.45) is 0 Å². The van der Waals surface area contributed by atoms with Gasteiger partial charge in [0.2, 0.25) is 0 Å². The number of alkyl halides is 3. The third-order valence-corrected chi connectivity index (χ3v) is 4.66. The molecule has 4 nitrogen and oxygen atoms in total. The predicted octanol–water partition coefficient (Wildman–Crippen LogP) is 4.92. The Morgan fingerprint density at radius 2 is 1.62 bits per heavy atom. The number of phenolic OH excluding ortho intramolecular Hbond substituents is 1. The van der Waals surface area contributed by atoms with Gasteiger partial charge in [-0.05, 0) is 29.8 Å². The number of hydrogen-bond acceptors (Lipinski definition) is 4. The maximum absolute atomic E-state index is 14.0. The fourth-order valence-electron chi connectivity index (χ4n) is 3.17. The van der Waals surface area contributed by atoms with Crippen LogP contribution in [0.3, 0.4) is 0 Å². The largest absolute Gasteiger partial charge is 0.573 e. The zero-order valence-corrected chi connectivity index (χ0v) is 17.3. The van der Waals surface area contributed by atoms with Crippen LogP contribution in [0.25, 0.3) is 0 Å². The van der Waals surface area contributed by atoms with Gasteiger partial charge in [-0.1, -0.05) is 23.7 Å². The molecule has 2 aromatic carbocycles. The van der Waals surface area contributed by atoms with Crippen molar-refractivity contribution in [3.8, 4) is 11.5 Å². The average Bonchev–Trinajstić information content (AvgIpc) is 2.62. The van der Waals surface area contributed by atoms with Crippen molar-refractivity contribution in [2.45, 2.75) is 12.4 Å². The van der Waals surface area contributed by atoms with Crippen LogP contribution >= 0.6 is 36.4 Å². The minimum absolute atomic E-state index is 0. The lowest BCUT2D eigenvalue weighted by Gasteiger charge is -2.36. The molecule has 0 aliphatic carbocycles. The summed E-state index contributed by atoms with van der Waals surface area (Å²) in [6.45, 7) is 2.55. The molecular weight excluding hydrogens is 459 g/mol. The molecule has 2 aromatic rings. The minimum atomic E-state index is -4.79. The summed E-state index contributed by atoms with van der Waals surface area (Å²) >= 11 is 6.24. The van der Waals surface area contributed by atoms with E-state index in [4.69, 9.17) is 11.6 Å². The lowest BCUT2D eigenvalue weighted by atomic mass is 9.95. The molecule has 1 fully saturated rings. The van der Waals surface area contributed by atoms with E-state index in [1.807, 2.05) is 4.90 Å². The van der Waals surface area contributed by atoms with E-state index < -0.39 is 24.0 Å². The van der Waals surface area contributed by atoms with E-state index in [0.29, 0.717) is 31.7 Å². The molecule has 0 saturated carbocycles. The number of nitrogens with one attached hydrogen (secondary N) is 1. The second-order valence-electron chi connectivity index (χ2n) is 6.10. The molecular formula is C18H19Cl3F4N2O2. The zero-order chi connectivity index (χ0) is 19.6. The Bertz CT molecular complexity index is 801. The highest BCUT2D eigenvalue weighted by Crippen LogP contribution is 2.41. The van der Waals surface area contributed by atoms with Crippen LogP contribution in [0.1, 0.15) is 17.2 Å². The first-order valence-corrected chi connectivity index (χ1v) is 8.61. The van der Waals surface area contributed by atoms with Crippen molar-refractivity contribution in [1.29, 1.82) is 0 Å². The van der Waals surface area contributed by atoms with Gasteiger partial charge in [0.05, 0.1) is 6.04 Å². The third-order valence-electron chi connectivity index (χ3n) is 4.33. The fraction of sp³-hybridized carbons (Fsp3) is 0.333. The van der Waals surface area contributed by atoms with E-state index in [9.17, 15) is 22.7 Å². The fourth-order valence-corrected chi connectivity index (χ4v) is 3.42. The molecule has 2 N–H and O–H groups in total. The van der Waals surface area contributed by atoms with E-state index in [1.54, 1.807) is 0 Å². The second-order valence-corrected chi connectivity index (χ2v) is 6.50. The van der Waals surface area contributed by atoms with Crippen LogP contribution < -0.4 is 10.1 Å². The van der Waals surface area contributed by atoms with Gasteiger partial charge in [0.15, 0.2) is 11.6 Å². The normalized spacial score (nSPS) is 15.8. The Kier molecular flexibility index (Phi) is 9.30. The Morgan fingerprint density at radius 3 is 2.17 bits per heavy atom. The van der Waals surface area contributed by atoms with Gasteiger partial charge in [0.25, 0.3) is 0 Å². The quantitative estimate of drug-likeness (QED) is 0.614. The summed E-state index contributed by atoms with van der Waals surface area (Å²) in [5, 5.41) is 13.6. The maximum atomic E-state index is 14.0. The molecule has 0 bridgehead atoms.